The number of anilines is 1. The number of ether oxygens (including phenoxy) is 1. The van der Waals surface area contributed by atoms with Gasteiger partial charge in [0.15, 0.2) is 0 Å². The standard InChI is InChI=1S/C20H16N6O3/c1-10(3-6-15(21)27)17-16(19(23)28)14-7-11(4-5-13(14)18(22)26-17)12-8-24-20(29-2)25-9-12/h4-5,7-9H,1H2,2H3,(H2,21,27)(H2,22,26)(H2,23,28). The summed E-state index contributed by atoms with van der Waals surface area (Å²) in [6, 6.07) is 5.45. The number of allylic oxidation sites excluding steroid dienone is 1. The number of methoxy groups -OCH3 is 1. The third-order valence-electron chi connectivity index (χ3n) is 4.05. The van der Waals surface area contributed by atoms with Crippen LogP contribution in [0.15, 0.2) is 37.2 Å². The van der Waals surface area contributed by atoms with Crippen LogP contribution < -0.4 is 21.9 Å². The average Bonchev–Trinajstić information content (AvgIpc) is 2.71. The number of fused-ring (bicyclic) bond motifs is 1. The van der Waals surface area contributed by atoms with E-state index in [4.69, 9.17) is 21.9 Å². The summed E-state index contributed by atoms with van der Waals surface area (Å²) in [7, 11) is 1.47. The maximum absolute atomic E-state index is 12.2. The summed E-state index contributed by atoms with van der Waals surface area (Å²) >= 11 is 0. The molecular formula is C20H16N6O3. The molecule has 3 aromatic rings. The van der Waals surface area contributed by atoms with Gasteiger partial charge in [-0.25, -0.2) is 15.0 Å². The Balaban J connectivity index is 2.25. The molecule has 29 heavy (non-hydrogen) atoms. The maximum Gasteiger partial charge on any atom is 0.316 e. The number of rotatable bonds is 4. The van der Waals surface area contributed by atoms with Gasteiger partial charge in [0, 0.05) is 40.2 Å². The van der Waals surface area contributed by atoms with E-state index in [-0.39, 0.29) is 28.7 Å². The third kappa shape index (κ3) is 3.81. The van der Waals surface area contributed by atoms with Crippen molar-refractivity contribution in [3.63, 3.8) is 0 Å². The molecule has 0 aliphatic carbocycles. The number of hydrogen-bond acceptors (Lipinski definition) is 7. The summed E-state index contributed by atoms with van der Waals surface area (Å²) in [5.74, 6) is 3.18. The van der Waals surface area contributed by atoms with E-state index < -0.39 is 11.8 Å². The Bertz CT molecular complexity index is 1220. The second-order valence-electron chi connectivity index (χ2n) is 5.90. The number of carbonyl (C=O) groups excluding carboxylic acids is 2. The molecule has 3 rings (SSSR count). The molecule has 2 amide bonds. The molecule has 0 saturated heterocycles. The first-order chi connectivity index (χ1) is 13.8. The minimum atomic E-state index is -0.845. The van der Waals surface area contributed by atoms with E-state index in [9.17, 15) is 9.59 Å². The van der Waals surface area contributed by atoms with Crippen LogP contribution in [0.4, 0.5) is 5.82 Å². The van der Waals surface area contributed by atoms with Crippen LogP contribution in [0.1, 0.15) is 16.1 Å². The number of pyridine rings is 1. The number of nitrogen functional groups attached to an aromatic ring is 1. The number of benzene rings is 1. The molecule has 144 valence electrons. The van der Waals surface area contributed by atoms with Gasteiger partial charge in [0.05, 0.1) is 18.4 Å². The summed E-state index contributed by atoms with van der Waals surface area (Å²) in [6.45, 7) is 3.75. The lowest BCUT2D eigenvalue weighted by Crippen LogP contribution is -2.16. The van der Waals surface area contributed by atoms with E-state index in [0.717, 1.165) is 0 Å². The molecule has 0 radical (unpaired) electrons. The number of hydrogen-bond donors (Lipinski definition) is 3. The van der Waals surface area contributed by atoms with Crippen molar-refractivity contribution in [3.8, 4) is 29.0 Å². The van der Waals surface area contributed by atoms with E-state index in [2.05, 4.69) is 33.4 Å². The monoisotopic (exact) mass is 388 g/mol. The van der Waals surface area contributed by atoms with Crippen molar-refractivity contribution in [2.75, 3.05) is 12.8 Å². The molecule has 2 aromatic heterocycles. The molecule has 0 bridgehead atoms. The first-order valence-electron chi connectivity index (χ1n) is 8.22. The fourth-order valence-electron chi connectivity index (χ4n) is 2.75. The van der Waals surface area contributed by atoms with Gasteiger partial charge in [-0.2, -0.15) is 0 Å². The molecule has 0 aliphatic heterocycles. The largest absolute Gasteiger partial charge is 0.467 e. The van der Waals surface area contributed by atoms with Crippen molar-refractivity contribution in [2.45, 2.75) is 0 Å². The van der Waals surface area contributed by atoms with Gasteiger partial charge in [-0.3, -0.25) is 9.59 Å². The Morgan fingerprint density at radius 1 is 1.07 bits per heavy atom. The van der Waals surface area contributed by atoms with Crippen molar-refractivity contribution in [2.24, 2.45) is 11.5 Å². The Hall–Kier alpha value is -4.45. The second kappa shape index (κ2) is 7.66. The third-order valence-corrected chi connectivity index (χ3v) is 4.05. The van der Waals surface area contributed by atoms with Crippen LogP contribution in [0.25, 0.3) is 27.5 Å². The van der Waals surface area contributed by atoms with Gasteiger partial charge >= 0.3 is 6.01 Å². The lowest BCUT2D eigenvalue weighted by molar-refractivity contribution is -0.112. The number of amides is 2. The Morgan fingerprint density at radius 2 is 1.76 bits per heavy atom. The highest BCUT2D eigenvalue weighted by molar-refractivity contribution is 6.13. The highest BCUT2D eigenvalue weighted by Crippen LogP contribution is 2.32. The summed E-state index contributed by atoms with van der Waals surface area (Å²) in [4.78, 5) is 35.5. The predicted octanol–water partition coefficient (Wildman–Crippen LogP) is 0.883. The Labute approximate surface area is 165 Å². The first-order valence-corrected chi connectivity index (χ1v) is 8.22. The van der Waals surface area contributed by atoms with Crippen LogP contribution in [0, 0.1) is 11.8 Å². The van der Waals surface area contributed by atoms with Gasteiger partial charge in [0.25, 0.3) is 11.8 Å². The van der Waals surface area contributed by atoms with Gasteiger partial charge in [-0.1, -0.05) is 24.6 Å². The molecule has 0 aliphatic rings. The van der Waals surface area contributed by atoms with E-state index in [1.807, 2.05) is 0 Å². The van der Waals surface area contributed by atoms with Crippen molar-refractivity contribution < 1.29 is 14.3 Å². The first kappa shape index (κ1) is 19.3. The molecule has 0 saturated carbocycles. The Kier molecular flexibility index (Phi) is 5.10. The minimum absolute atomic E-state index is 0.0780. The number of aromatic nitrogens is 3. The molecule has 0 spiro atoms. The molecule has 1 aromatic carbocycles. The van der Waals surface area contributed by atoms with E-state index in [1.54, 1.807) is 30.6 Å². The number of carbonyl (C=O) groups is 2. The van der Waals surface area contributed by atoms with Crippen LogP contribution in [0.2, 0.25) is 0 Å². The van der Waals surface area contributed by atoms with E-state index >= 15 is 0 Å². The molecule has 9 nitrogen and oxygen atoms in total. The maximum atomic E-state index is 12.2. The zero-order valence-electron chi connectivity index (χ0n) is 15.4. The number of primary amides is 2. The predicted molar refractivity (Wildman–Crippen MR) is 108 cm³/mol. The van der Waals surface area contributed by atoms with Crippen molar-refractivity contribution in [1.29, 1.82) is 0 Å². The van der Waals surface area contributed by atoms with Crippen molar-refractivity contribution >= 4 is 34.0 Å². The van der Waals surface area contributed by atoms with Crippen molar-refractivity contribution in [3.05, 3.63) is 48.4 Å². The lowest BCUT2D eigenvalue weighted by atomic mass is 9.96. The summed E-state index contributed by atoms with van der Waals surface area (Å²) in [6.07, 6.45) is 3.17. The molecule has 2 heterocycles. The summed E-state index contributed by atoms with van der Waals surface area (Å²) in [5, 5.41) is 0.978. The molecular weight excluding hydrogens is 372 g/mol. The second-order valence-corrected chi connectivity index (χ2v) is 5.90. The van der Waals surface area contributed by atoms with Gasteiger partial charge in [0.1, 0.15) is 5.82 Å². The molecule has 6 N–H and O–H groups in total. The highest BCUT2D eigenvalue weighted by atomic mass is 16.5. The van der Waals surface area contributed by atoms with Gasteiger partial charge in [-0.05, 0) is 11.6 Å². The van der Waals surface area contributed by atoms with Crippen LogP contribution in [0.5, 0.6) is 6.01 Å². The topological polar surface area (TPSA) is 160 Å². The van der Waals surface area contributed by atoms with Crippen molar-refractivity contribution in [1.82, 2.24) is 15.0 Å². The number of nitrogens with two attached hydrogens (primary N) is 3. The van der Waals surface area contributed by atoms with Gasteiger partial charge < -0.3 is 21.9 Å². The summed E-state index contributed by atoms with van der Waals surface area (Å²) < 4.78 is 4.96. The van der Waals surface area contributed by atoms with E-state index in [1.165, 1.54) is 7.11 Å². The zero-order chi connectivity index (χ0) is 21.1. The fourth-order valence-corrected chi connectivity index (χ4v) is 2.75. The van der Waals surface area contributed by atoms with Crippen LogP contribution in [-0.2, 0) is 4.79 Å². The minimum Gasteiger partial charge on any atom is -0.467 e. The van der Waals surface area contributed by atoms with Gasteiger partial charge in [0.2, 0.25) is 0 Å². The zero-order valence-corrected chi connectivity index (χ0v) is 15.4. The normalized spacial score (nSPS) is 10.1. The Morgan fingerprint density at radius 3 is 2.34 bits per heavy atom. The molecule has 9 heteroatoms. The van der Waals surface area contributed by atoms with Crippen LogP contribution in [0.3, 0.4) is 0 Å². The fraction of sp³-hybridized carbons (Fsp3) is 0.0500. The quantitative estimate of drug-likeness (QED) is 0.559. The van der Waals surface area contributed by atoms with E-state index in [0.29, 0.717) is 21.9 Å². The van der Waals surface area contributed by atoms with Crippen LogP contribution >= 0.6 is 0 Å². The van der Waals surface area contributed by atoms with Gasteiger partial charge in [-0.15, -0.1) is 0 Å². The van der Waals surface area contributed by atoms with Crippen LogP contribution in [-0.4, -0.2) is 33.9 Å². The molecule has 0 fully saturated rings. The summed E-state index contributed by atoms with van der Waals surface area (Å²) in [5.41, 5.74) is 18.4. The molecule has 0 atom stereocenters. The highest BCUT2D eigenvalue weighted by Gasteiger charge is 2.19. The molecule has 0 unspecified atom stereocenters. The average molecular weight is 388 g/mol. The SMILES string of the molecule is C=C(C#CC(N)=O)c1nc(N)c2ccc(-c3cnc(OC)nc3)cc2c1C(N)=O. The number of nitrogens with zero attached hydrogens (tertiary/aromatic N) is 3. The lowest BCUT2D eigenvalue weighted by Gasteiger charge is -2.13. The smallest absolute Gasteiger partial charge is 0.316 e.